The summed E-state index contributed by atoms with van der Waals surface area (Å²) in [7, 11) is 1.27. The number of hydrogen-bond donors (Lipinski definition) is 10. The second kappa shape index (κ2) is 11.7. The van der Waals surface area contributed by atoms with Crippen LogP contribution >= 0.6 is 0 Å². The van der Waals surface area contributed by atoms with Gasteiger partial charge in [-0.2, -0.15) is 0 Å². The van der Waals surface area contributed by atoms with Gasteiger partial charge in [0.1, 0.15) is 36.6 Å². The van der Waals surface area contributed by atoms with Crippen molar-refractivity contribution in [2.75, 3.05) is 26.9 Å². The van der Waals surface area contributed by atoms with Gasteiger partial charge in [-0.3, -0.25) is 9.59 Å². The fourth-order valence-electron chi connectivity index (χ4n) is 3.90. The van der Waals surface area contributed by atoms with E-state index in [4.69, 9.17) is 14.6 Å². The molecule has 0 radical (unpaired) electrons. The quantitative estimate of drug-likeness (QED) is 0.117. The van der Waals surface area contributed by atoms with Gasteiger partial charge < -0.3 is 60.5 Å². The molecule has 0 amide bonds. The number of carbonyl (C=O) groups excluding carboxylic acids is 2. The van der Waals surface area contributed by atoms with Crippen LogP contribution in [0.2, 0.25) is 0 Å². The lowest BCUT2D eigenvalue weighted by Gasteiger charge is -2.39. The zero-order valence-corrected chi connectivity index (χ0v) is 19.1. The first-order valence-electron chi connectivity index (χ1n) is 10.6. The van der Waals surface area contributed by atoms with E-state index in [0.717, 1.165) is 6.08 Å². The Labute approximate surface area is 204 Å². The van der Waals surface area contributed by atoms with Crippen LogP contribution in [0, 0.1) is 0 Å². The van der Waals surface area contributed by atoms with Crippen LogP contribution in [0.25, 0.3) is 6.08 Å². The number of phenols is 1. The summed E-state index contributed by atoms with van der Waals surface area (Å²) in [6.07, 6.45) is -11.8. The lowest BCUT2D eigenvalue weighted by atomic mass is 9.72. The molecule has 1 fully saturated rings. The number of hydrogen-bond acceptors (Lipinski definition) is 14. The van der Waals surface area contributed by atoms with Crippen LogP contribution < -0.4 is 4.74 Å². The molecule has 1 aromatic rings. The molecule has 14 heteroatoms. The summed E-state index contributed by atoms with van der Waals surface area (Å²) in [6, 6.07) is 3.89. The third-order valence-electron chi connectivity index (χ3n) is 6.08. The smallest absolute Gasteiger partial charge is 0.201 e. The molecule has 0 saturated carbocycles. The molecule has 1 aliphatic heterocycles. The molecule has 1 saturated heterocycles. The number of aliphatic hydroxyl groups excluding tert-OH is 8. The highest BCUT2D eigenvalue weighted by molar-refractivity contribution is 6.08. The minimum absolute atomic E-state index is 0.0357. The highest BCUT2D eigenvalue weighted by atomic mass is 16.6. The van der Waals surface area contributed by atoms with Gasteiger partial charge in [-0.25, -0.2) is 0 Å². The Morgan fingerprint density at radius 3 is 2.31 bits per heavy atom. The Morgan fingerprint density at radius 2 is 1.78 bits per heavy atom. The number of ether oxygens (including phenoxy) is 2. The Hall–Kier alpha value is -2.50. The molecule has 1 aliphatic rings. The molecule has 1 unspecified atom stereocenters. The fraction of sp³-hybridized carbons (Fsp3) is 0.545. The second-order valence-electron chi connectivity index (χ2n) is 8.20. The number of benzene rings is 1. The highest BCUT2D eigenvalue weighted by Crippen LogP contribution is 2.43. The number of Topliss-reactive ketones (excluding diaryl/α,β-unsaturated/α-hetero) is 1. The van der Waals surface area contributed by atoms with Crippen LogP contribution in [-0.4, -0.2) is 137 Å². The average Bonchev–Trinajstić information content (AvgIpc) is 3.13. The van der Waals surface area contributed by atoms with E-state index in [-0.39, 0.29) is 17.1 Å². The van der Waals surface area contributed by atoms with Crippen molar-refractivity contribution in [3.63, 3.8) is 0 Å². The molecule has 8 atom stereocenters. The fourth-order valence-corrected chi connectivity index (χ4v) is 3.90. The topological polar surface area (TPSA) is 255 Å². The number of phenolic OH excluding ortho intramolecular Hbond substituents is 1. The molecule has 14 nitrogen and oxygen atoms in total. The highest BCUT2D eigenvalue weighted by Gasteiger charge is 2.72. The molecular weight excluding hydrogens is 488 g/mol. The predicted molar refractivity (Wildman–Crippen MR) is 118 cm³/mol. The monoisotopic (exact) mass is 518 g/mol. The Bertz CT molecular complexity index is 966. The summed E-state index contributed by atoms with van der Waals surface area (Å²) in [6.45, 7) is -3.65. The van der Waals surface area contributed by atoms with Crippen molar-refractivity contribution < 1.29 is 70.1 Å². The molecule has 0 spiro atoms. The van der Waals surface area contributed by atoms with Gasteiger partial charge in [0.15, 0.2) is 28.5 Å². The molecule has 202 valence electrons. The molecule has 1 aromatic carbocycles. The van der Waals surface area contributed by atoms with Crippen LogP contribution in [0.15, 0.2) is 24.3 Å². The van der Waals surface area contributed by atoms with E-state index in [1.165, 1.54) is 25.3 Å². The molecule has 10 N–H and O–H groups in total. The number of methoxy groups -OCH3 is 1. The molecular formula is C22H30O14. The maximum Gasteiger partial charge on any atom is 0.201 e. The minimum Gasteiger partial charge on any atom is -0.504 e. The zero-order valence-electron chi connectivity index (χ0n) is 19.1. The first kappa shape index (κ1) is 29.7. The van der Waals surface area contributed by atoms with Crippen LogP contribution in [-0.2, 0) is 14.3 Å². The summed E-state index contributed by atoms with van der Waals surface area (Å²) in [5, 5.41) is 99.8. The molecule has 0 aliphatic carbocycles. The van der Waals surface area contributed by atoms with Crippen molar-refractivity contribution in [1.29, 1.82) is 0 Å². The van der Waals surface area contributed by atoms with Gasteiger partial charge in [0, 0.05) is 0 Å². The van der Waals surface area contributed by atoms with Crippen LogP contribution in [0.3, 0.4) is 0 Å². The van der Waals surface area contributed by atoms with Crippen LogP contribution in [0.4, 0.5) is 0 Å². The number of rotatable bonds is 12. The van der Waals surface area contributed by atoms with Crippen LogP contribution in [0.5, 0.6) is 11.5 Å². The predicted octanol–water partition coefficient (Wildman–Crippen LogP) is -4.80. The van der Waals surface area contributed by atoms with Crippen molar-refractivity contribution >= 4 is 17.6 Å². The summed E-state index contributed by atoms with van der Waals surface area (Å²) in [5.74, 6) is -3.37. The molecule has 1 heterocycles. The number of carbonyl (C=O) groups is 2. The molecule has 0 bridgehead atoms. The summed E-state index contributed by atoms with van der Waals surface area (Å²) < 4.78 is 10.1. The van der Waals surface area contributed by atoms with Crippen molar-refractivity contribution in [1.82, 2.24) is 0 Å². The molecule has 2 rings (SSSR count). The van der Waals surface area contributed by atoms with E-state index in [1.54, 1.807) is 0 Å². The van der Waals surface area contributed by atoms with E-state index in [9.17, 15) is 55.5 Å². The van der Waals surface area contributed by atoms with E-state index < -0.39 is 79.2 Å². The number of ketones is 2. The van der Waals surface area contributed by atoms with Crippen molar-refractivity contribution in [2.45, 2.75) is 47.8 Å². The van der Waals surface area contributed by atoms with Crippen LogP contribution in [0.1, 0.15) is 5.56 Å². The van der Waals surface area contributed by atoms with Gasteiger partial charge in [0.25, 0.3) is 0 Å². The second-order valence-corrected chi connectivity index (χ2v) is 8.20. The number of aliphatic hydroxyl groups is 9. The Balaban J connectivity index is 2.50. The Kier molecular flexibility index (Phi) is 9.66. The van der Waals surface area contributed by atoms with Gasteiger partial charge in [-0.1, -0.05) is 12.1 Å². The summed E-state index contributed by atoms with van der Waals surface area (Å²) in [5.41, 5.74) is -6.20. The summed E-state index contributed by atoms with van der Waals surface area (Å²) in [4.78, 5) is 26.3. The van der Waals surface area contributed by atoms with Gasteiger partial charge in [-0.05, 0) is 23.8 Å². The zero-order chi connectivity index (χ0) is 27.4. The maximum absolute atomic E-state index is 13.2. The van der Waals surface area contributed by atoms with Gasteiger partial charge in [-0.15, -0.1) is 0 Å². The SMILES string of the molecule is COc1cc(C=CC(=O)[C@@]2(O)[C@H](O)[C@@H](CO)OC2(CO)C(=O)[C@H](O)[C@@H](O)[C@H](O)[C@H](O)CO)ccc1O. The largest absolute Gasteiger partial charge is 0.504 e. The lowest BCUT2D eigenvalue weighted by molar-refractivity contribution is -0.197. The van der Waals surface area contributed by atoms with Gasteiger partial charge >= 0.3 is 0 Å². The minimum atomic E-state index is -3.31. The third kappa shape index (κ3) is 5.01. The summed E-state index contributed by atoms with van der Waals surface area (Å²) >= 11 is 0. The van der Waals surface area contributed by atoms with Gasteiger partial charge in [0.05, 0.1) is 26.9 Å². The third-order valence-corrected chi connectivity index (χ3v) is 6.08. The first-order chi connectivity index (χ1) is 16.9. The maximum atomic E-state index is 13.2. The van der Waals surface area contributed by atoms with E-state index in [2.05, 4.69) is 0 Å². The van der Waals surface area contributed by atoms with E-state index in [0.29, 0.717) is 6.08 Å². The standard InChI is InChI=1S/C22H30O14/c1-35-13-6-10(2-4-11(13)26)3-5-15(28)22(34)19(32)14(8-24)36-21(22,9-25)20(33)18(31)17(30)16(29)12(27)7-23/h2-6,12,14,16-19,23-27,29-32,34H,7-9H2,1H3/t12-,14-,16-,17+,18-,19-,21?,22-/m1/s1. The lowest BCUT2D eigenvalue weighted by Crippen LogP contribution is -2.70. The number of aromatic hydroxyl groups is 1. The normalized spacial score (nSPS) is 29.6. The Morgan fingerprint density at radius 1 is 1.14 bits per heavy atom. The first-order valence-corrected chi connectivity index (χ1v) is 10.6. The van der Waals surface area contributed by atoms with Gasteiger partial charge in [0.2, 0.25) is 5.78 Å². The average molecular weight is 518 g/mol. The van der Waals surface area contributed by atoms with E-state index >= 15 is 0 Å². The van der Waals surface area contributed by atoms with Crippen molar-refractivity contribution in [3.05, 3.63) is 29.8 Å². The van der Waals surface area contributed by atoms with Crippen molar-refractivity contribution in [2.24, 2.45) is 0 Å². The molecule has 0 aromatic heterocycles. The molecule has 36 heavy (non-hydrogen) atoms. The van der Waals surface area contributed by atoms with E-state index in [1.807, 2.05) is 0 Å². The van der Waals surface area contributed by atoms with Crippen molar-refractivity contribution in [3.8, 4) is 11.5 Å².